The molecular weight excluding hydrogens is 450 g/mol. The van der Waals surface area contributed by atoms with Gasteiger partial charge >= 0.3 is 0 Å². The van der Waals surface area contributed by atoms with Crippen LogP contribution in [0.4, 0.5) is 5.69 Å². The van der Waals surface area contributed by atoms with Gasteiger partial charge in [0.2, 0.25) is 0 Å². The zero-order valence-corrected chi connectivity index (χ0v) is 23.0. The summed E-state index contributed by atoms with van der Waals surface area (Å²) in [6, 6.07) is 15.6. The normalized spacial score (nSPS) is 13.5. The highest BCUT2D eigenvalue weighted by atomic mass is 32.2. The molecule has 3 rings (SSSR count). The van der Waals surface area contributed by atoms with E-state index >= 15 is 0 Å². The number of rotatable bonds is 10. The second-order valence-electron chi connectivity index (χ2n) is 8.45. The molecule has 1 aliphatic heterocycles. The number of para-hydroxylation sites is 1. The van der Waals surface area contributed by atoms with Crippen LogP contribution in [0.15, 0.2) is 77.4 Å². The SMILES string of the molecule is C=C1SC=C(CN(CCC)CCC)N1/C=C(\C)c1ccccc1NC(=O)c1cccc(C)c1.CC. The van der Waals surface area contributed by atoms with E-state index in [4.69, 9.17) is 0 Å². The Kier molecular flexibility index (Phi) is 11.9. The molecule has 188 valence electrons. The third kappa shape index (κ3) is 8.15. The molecule has 2 aromatic carbocycles. The van der Waals surface area contributed by atoms with Gasteiger partial charge in [0.15, 0.2) is 0 Å². The number of carbonyl (C=O) groups is 1. The van der Waals surface area contributed by atoms with Crippen LogP contribution in [0.25, 0.3) is 5.57 Å². The number of benzene rings is 2. The van der Waals surface area contributed by atoms with Gasteiger partial charge in [-0.05, 0) is 69.0 Å². The van der Waals surface area contributed by atoms with E-state index in [-0.39, 0.29) is 5.91 Å². The Morgan fingerprint density at radius 2 is 1.77 bits per heavy atom. The molecule has 0 fully saturated rings. The van der Waals surface area contributed by atoms with Gasteiger partial charge in [0.25, 0.3) is 5.91 Å². The molecule has 0 atom stereocenters. The van der Waals surface area contributed by atoms with Crippen molar-refractivity contribution < 1.29 is 4.79 Å². The Morgan fingerprint density at radius 1 is 1.09 bits per heavy atom. The van der Waals surface area contributed by atoms with Crippen molar-refractivity contribution in [2.45, 2.75) is 54.4 Å². The zero-order chi connectivity index (χ0) is 25.8. The quantitative estimate of drug-likeness (QED) is 0.364. The van der Waals surface area contributed by atoms with E-state index in [0.717, 1.165) is 59.9 Å². The molecule has 0 aromatic heterocycles. The van der Waals surface area contributed by atoms with E-state index in [0.29, 0.717) is 5.56 Å². The van der Waals surface area contributed by atoms with E-state index in [1.54, 1.807) is 11.8 Å². The van der Waals surface area contributed by atoms with Crippen molar-refractivity contribution >= 4 is 28.9 Å². The number of allylic oxidation sites excluding steroid dienone is 1. The van der Waals surface area contributed by atoms with E-state index in [9.17, 15) is 4.79 Å². The predicted octanol–water partition coefficient (Wildman–Crippen LogP) is 8.12. The van der Waals surface area contributed by atoms with Crippen LogP contribution in [0.2, 0.25) is 0 Å². The maximum atomic E-state index is 12.9. The average molecular weight is 492 g/mol. The van der Waals surface area contributed by atoms with Crippen LogP contribution in [0.1, 0.15) is 68.9 Å². The van der Waals surface area contributed by atoms with Crippen LogP contribution in [0.3, 0.4) is 0 Å². The van der Waals surface area contributed by atoms with Gasteiger partial charge in [-0.25, -0.2) is 0 Å². The fraction of sp³-hybridized carbons (Fsp3) is 0.367. The van der Waals surface area contributed by atoms with Gasteiger partial charge in [0.1, 0.15) is 0 Å². The van der Waals surface area contributed by atoms with Crippen molar-refractivity contribution in [3.63, 3.8) is 0 Å². The van der Waals surface area contributed by atoms with Gasteiger partial charge < -0.3 is 10.2 Å². The summed E-state index contributed by atoms with van der Waals surface area (Å²) >= 11 is 1.67. The maximum absolute atomic E-state index is 12.9. The third-order valence-corrected chi connectivity index (χ3v) is 6.44. The molecule has 0 aliphatic carbocycles. The summed E-state index contributed by atoms with van der Waals surface area (Å²) in [5.41, 5.74) is 5.85. The topological polar surface area (TPSA) is 35.6 Å². The number of amides is 1. The van der Waals surface area contributed by atoms with E-state index in [1.807, 2.05) is 69.3 Å². The molecule has 5 heteroatoms. The minimum atomic E-state index is -0.101. The van der Waals surface area contributed by atoms with Gasteiger partial charge in [-0.15, -0.1) is 0 Å². The van der Waals surface area contributed by atoms with Crippen molar-refractivity contribution in [2.24, 2.45) is 0 Å². The molecule has 0 saturated heterocycles. The molecule has 0 unspecified atom stereocenters. The lowest BCUT2D eigenvalue weighted by molar-refractivity contribution is 0.102. The Morgan fingerprint density at radius 3 is 2.43 bits per heavy atom. The molecule has 0 radical (unpaired) electrons. The first-order valence-electron chi connectivity index (χ1n) is 12.6. The lowest BCUT2D eigenvalue weighted by Gasteiger charge is -2.26. The van der Waals surface area contributed by atoms with Gasteiger partial charge in [0.05, 0.1) is 5.03 Å². The number of aryl methyl sites for hydroxylation is 1. The van der Waals surface area contributed by atoms with Gasteiger partial charge in [-0.3, -0.25) is 9.69 Å². The highest BCUT2D eigenvalue weighted by Gasteiger charge is 2.21. The summed E-state index contributed by atoms with van der Waals surface area (Å²) < 4.78 is 0. The lowest BCUT2D eigenvalue weighted by Crippen LogP contribution is -2.30. The second kappa shape index (κ2) is 14.6. The van der Waals surface area contributed by atoms with E-state index < -0.39 is 0 Å². The van der Waals surface area contributed by atoms with Crippen LogP contribution in [-0.4, -0.2) is 35.3 Å². The van der Waals surface area contributed by atoms with Crippen molar-refractivity contribution in [1.82, 2.24) is 9.80 Å². The molecule has 1 aliphatic rings. The Bertz CT molecular complexity index is 1050. The zero-order valence-electron chi connectivity index (χ0n) is 22.2. The van der Waals surface area contributed by atoms with Crippen LogP contribution < -0.4 is 5.32 Å². The number of carbonyl (C=O) groups excluding carboxylic acids is 1. The van der Waals surface area contributed by atoms with Crippen LogP contribution in [0.5, 0.6) is 0 Å². The molecule has 1 N–H and O–H groups in total. The highest BCUT2D eigenvalue weighted by molar-refractivity contribution is 8.06. The number of nitrogens with one attached hydrogen (secondary N) is 1. The molecule has 1 heterocycles. The summed E-state index contributed by atoms with van der Waals surface area (Å²) in [7, 11) is 0. The molecular formula is C30H41N3OS. The molecule has 0 bridgehead atoms. The molecule has 1 amide bonds. The second-order valence-corrected chi connectivity index (χ2v) is 9.39. The first-order chi connectivity index (χ1) is 16.9. The number of hydrogen-bond acceptors (Lipinski definition) is 4. The summed E-state index contributed by atoms with van der Waals surface area (Å²) in [5, 5.41) is 6.30. The van der Waals surface area contributed by atoms with Gasteiger partial charge in [0, 0.05) is 35.3 Å². The first kappa shape index (κ1) is 28.5. The molecule has 0 saturated carbocycles. The van der Waals surface area contributed by atoms with Crippen LogP contribution >= 0.6 is 11.8 Å². The summed E-state index contributed by atoms with van der Waals surface area (Å²) in [4.78, 5) is 17.6. The molecule has 35 heavy (non-hydrogen) atoms. The number of anilines is 1. The van der Waals surface area contributed by atoms with E-state index in [2.05, 4.69) is 54.1 Å². The van der Waals surface area contributed by atoms with Crippen molar-refractivity contribution in [3.05, 3.63) is 94.1 Å². The monoisotopic (exact) mass is 491 g/mol. The maximum Gasteiger partial charge on any atom is 0.255 e. The van der Waals surface area contributed by atoms with Crippen molar-refractivity contribution in [2.75, 3.05) is 25.0 Å². The fourth-order valence-corrected chi connectivity index (χ4v) is 4.73. The van der Waals surface area contributed by atoms with Crippen LogP contribution in [0, 0.1) is 6.92 Å². The van der Waals surface area contributed by atoms with Crippen molar-refractivity contribution in [1.29, 1.82) is 0 Å². The summed E-state index contributed by atoms with van der Waals surface area (Å²) in [6.45, 7) is 19.9. The standard InChI is InChI=1S/C28H35N3OS.C2H6/c1-6-15-30(16-7-2)19-25-20-33-23(5)31(25)18-22(4)26-13-8-9-14-27(26)29-28(32)24-12-10-11-21(3)17-24;1-2/h8-14,17-18,20H,5-7,15-16,19H2,1-4H3,(H,29,32);1-2H3/b22-18+;. The predicted molar refractivity (Wildman–Crippen MR) is 154 cm³/mol. The molecule has 4 nitrogen and oxygen atoms in total. The third-order valence-electron chi connectivity index (χ3n) is 5.58. The number of thioether (sulfide) groups is 1. The van der Waals surface area contributed by atoms with Crippen molar-refractivity contribution in [3.8, 4) is 0 Å². The summed E-state index contributed by atoms with van der Waals surface area (Å²) in [5.74, 6) is -0.101. The smallest absolute Gasteiger partial charge is 0.255 e. The Balaban J connectivity index is 0.00000210. The molecule has 0 spiro atoms. The molecule has 2 aromatic rings. The highest BCUT2D eigenvalue weighted by Crippen LogP contribution is 2.36. The van der Waals surface area contributed by atoms with Gasteiger partial charge in [-0.2, -0.15) is 0 Å². The largest absolute Gasteiger partial charge is 0.321 e. The summed E-state index contributed by atoms with van der Waals surface area (Å²) in [6.07, 6.45) is 4.43. The fourth-order valence-electron chi connectivity index (χ4n) is 3.99. The van der Waals surface area contributed by atoms with Crippen LogP contribution in [-0.2, 0) is 0 Å². The minimum Gasteiger partial charge on any atom is -0.321 e. The first-order valence-corrected chi connectivity index (χ1v) is 13.5. The Labute approximate surface area is 216 Å². The Hall–Kier alpha value is -2.76. The average Bonchev–Trinajstić information content (AvgIpc) is 3.19. The number of nitrogens with zero attached hydrogens (tertiary/aromatic N) is 2. The lowest BCUT2D eigenvalue weighted by atomic mass is 10.0. The number of hydrogen-bond donors (Lipinski definition) is 1. The van der Waals surface area contributed by atoms with E-state index in [1.165, 1.54) is 5.70 Å². The minimum absolute atomic E-state index is 0.101. The van der Waals surface area contributed by atoms with Gasteiger partial charge in [-0.1, -0.05) is 81.9 Å².